The molecule has 18 heavy (non-hydrogen) atoms. The fraction of sp³-hybridized carbons (Fsp3) is 0.692. The first kappa shape index (κ1) is 13.5. The van der Waals surface area contributed by atoms with Crippen molar-refractivity contribution in [3.63, 3.8) is 0 Å². The van der Waals surface area contributed by atoms with Crippen LogP contribution in [0.2, 0.25) is 0 Å². The van der Waals surface area contributed by atoms with Gasteiger partial charge in [-0.15, -0.1) is 11.3 Å². The Hall–Kier alpha value is -0.940. The van der Waals surface area contributed by atoms with Gasteiger partial charge in [-0.05, 0) is 40.5 Å². The lowest BCUT2D eigenvalue weighted by Gasteiger charge is -2.36. The first-order valence-electron chi connectivity index (χ1n) is 6.27. The maximum Gasteiger partial charge on any atom is 0.233 e. The fourth-order valence-corrected chi connectivity index (χ4v) is 2.24. The van der Waals surface area contributed by atoms with Crippen molar-refractivity contribution in [2.45, 2.75) is 52.0 Å². The summed E-state index contributed by atoms with van der Waals surface area (Å²) in [6.45, 7) is 7.45. The number of carbonyl (C=O) groups is 1. The first-order chi connectivity index (χ1) is 8.22. The van der Waals surface area contributed by atoms with E-state index in [4.69, 9.17) is 5.73 Å². The molecule has 0 aromatic carbocycles. The second-order valence-corrected chi connectivity index (χ2v) is 7.01. The van der Waals surface area contributed by atoms with Crippen LogP contribution in [0.15, 0.2) is 5.38 Å². The molecule has 0 spiro atoms. The summed E-state index contributed by atoms with van der Waals surface area (Å²) in [4.78, 5) is 16.7. The number of aromatic nitrogens is 1. The molecule has 1 aromatic heterocycles. The van der Waals surface area contributed by atoms with Crippen molar-refractivity contribution in [1.29, 1.82) is 0 Å². The quantitative estimate of drug-likeness (QED) is 0.881. The average molecular weight is 267 g/mol. The second-order valence-electron chi connectivity index (χ2n) is 6.15. The molecule has 0 aliphatic heterocycles. The van der Waals surface area contributed by atoms with Gasteiger partial charge in [0.1, 0.15) is 0 Å². The van der Waals surface area contributed by atoms with E-state index >= 15 is 0 Å². The minimum absolute atomic E-state index is 0.0771. The standard InChI is InChI=1S/C13H21N3OS/c1-12(2,13(3,4)14)10(17)16-11-15-9(7-18-11)8-5-6-8/h7-8H,5-6,14H2,1-4H3,(H,15,16,17). The number of carbonyl (C=O) groups excluding carboxylic acids is 1. The molecule has 1 saturated carbocycles. The Morgan fingerprint density at radius 2 is 2.06 bits per heavy atom. The van der Waals surface area contributed by atoms with Gasteiger partial charge in [-0.2, -0.15) is 0 Å². The number of hydrogen-bond donors (Lipinski definition) is 2. The number of thiazole rings is 1. The molecule has 100 valence electrons. The van der Waals surface area contributed by atoms with Crippen LogP contribution in [-0.2, 0) is 4.79 Å². The SMILES string of the molecule is CC(C)(N)C(C)(C)C(=O)Nc1nc(C2CC2)cs1. The number of hydrogen-bond acceptors (Lipinski definition) is 4. The van der Waals surface area contributed by atoms with Crippen molar-refractivity contribution in [2.24, 2.45) is 11.1 Å². The molecule has 0 radical (unpaired) electrons. The van der Waals surface area contributed by atoms with Crippen LogP contribution in [0.3, 0.4) is 0 Å². The van der Waals surface area contributed by atoms with Gasteiger partial charge in [0.2, 0.25) is 5.91 Å². The van der Waals surface area contributed by atoms with E-state index in [0.717, 1.165) is 5.69 Å². The highest BCUT2D eigenvalue weighted by Crippen LogP contribution is 2.41. The van der Waals surface area contributed by atoms with E-state index in [1.54, 1.807) is 0 Å². The van der Waals surface area contributed by atoms with Gasteiger partial charge in [0.15, 0.2) is 5.13 Å². The molecule has 0 unspecified atom stereocenters. The number of anilines is 1. The van der Waals surface area contributed by atoms with Gasteiger partial charge in [-0.1, -0.05) is 0 Å². The third-order valence-electron chi connectivity index (χ3n) is 3.92. The summed E-state index contributed by atoms with van der Waals surface area (Å²) in [5.74, 6) is 0.539. The Bertz CT molecular complexity index is 455. The summed E-state index contributed by atoms with van der Waals surface area (Å²) in [5.41, 5.74) is 5.95. The third kappa shape index (κ3) is 2.57. The molecule has 5 heteroatoms. The molecule has 0 atom stereocenters. The Balaban J connectivity index is 2.06. The molecule has 2 rings (SSSR count). The van der Waals surface area contributed by atoms with Crippen LogP contribution in [0.4, 0.5) is 5.13 Å². The highest BCUT2D eigenvalue weighted by molar-refractivity contribution is 7.13. The monoisotopic (exact) mass is 267 g/mol. The summed E-state index contributed by atoms with van der Waals surface area (Å²) in [6.07, 6.45) is 2.44. The summed E-state index contributed by atoms with van der Waals surface area (Å²) in [6, 6.07) is 0. The number of amides is 1. The van der Waals surface area contributed by atoms with Crippen molar-refractivity contribution in [3.05, 3.63) is 11.1 Å². The van der Waals surface area contributed by atoms with Crippen molar-refractivity contribution in [3.8, 4) is 0 Å². The smallest absolute Gasteiger partial charge is 0.233 e. The molecule has 1 aliphatic carbocycles. The molecule has 1 fully saturated rings. The van der Waals surface area contributed by atoms with Crippen molar-refractivity contribution >= 4 is 22.4 Å². The van der Waals surface area contributed by atoms with Gasteiger partial charge in [-0.25, -0.2) is 4.98 Å². The summed E-state index contributed by atoms with van der Waals surface area (Å²) in [5, 5.41) is 5.60. The maximum atomic E-state index is 12.3. The maximum absolute atomic E-state index is 12.3. The lowest BCUT2D eigenvalue weighted by atomic mass is 9.74. The molecular formula is C13H21N3OS. The Morgan fingerprint density at radius 3 is 2.56 bits per heavy atom. The molecule has 4 nitrogen and oxygen atoms in total. The fourth-order valence-electron chi connectivity index (χ4n) is 1.46. The number of rotatable bonds is 4. The van der Waals surface area contributed by atoms with E-state index in [0.29, 0.717) is 11.0 Å². The molecule has 1 amide bonds. The average Bonchev–Trinajstić information content (AvgIpc) is 2.98. The van der Waals surface area contributed by atoms with E-state index in [9.17, 15) is 4.79 Å². The summed E-state index contributed by atoms with van der Waals surface area (Å²) < 4.78 is 0. The van der Waals surface area contributed by atoms with Gasteiger partial charge < -0.3 is 11.1 Å². The minimum atomic E-state index is -0.640. The van der Waals surface area contributed by atoms with E-state index in [1.807, 2.05) is 33.1 Å². The zero-order chi connectivity index (χ0) is 13.6. The Kier molecular flexibility index (Phi) is 3.23. The highest BCUT2D eigenvalue weighted by Gasteiger charge is 2.40. The van der Waals surface area contributed by atoms with E-state index in [2.05, 4.69) is 10.3 Å². The van der Waals surface area contributed by atoms with E-state index in [1.165, 1.54) is 24.2 Å². The van der Waals surface area contributed by atoms with Gasteiger partial charge >= 0.3 is 0 Å². The number of nitrogens with one attached hydrogen (secondary N) is 1. The molecule has 1 heterocycles. The number of nitrogens with zero attached hydrogens (tertiary/aromatic N) is 1. The van der Waals surface area contributed by atoms with Crippen LogP contribution in [-0.4, -0.2) is 16.4 Å². The Labute approximate surface area is 112 Å². The molecular weight excluding hydrogens is 246 g/mol. The molecule has 0 bridgehead atoms. The second kappa shape index (κ2) is 4.31. The van der Waals surface area contributed by atoms with Crippen LogP contribution in [0.5, 0.6) is 0 Å². The number of nitrogens with two attached hydrogens (primary N) is 1. The van der Waals surface area contributed by atoms with Gasteiger partial charge in [0.05, 0.1) is 11.1 Å². The molecule has 1 aromatic rings. The van der Waals surface area contributed by atoms with Gasteiger partial charge in [0, 0.05) is 16.8 Å². The normalized spacial score (nSPS) is 16.7. The van der Waals surface area contributed by atoms with Crippen LogP contribution in [0.1, 0.15) is 52.1 Å². The van der Waals surface area contributed by atoms with Crippen LogP contribution >= 0.6 is 11.3 Å². The van der Waals surface area contributed by atoms with E-state index in [-0.39, 0.29) is 5.91 Å². The minimum Gasteiger partial charge on any atom is -0.325 e. The van der Waals surface area contributed by atoms with E-state index < -0.39 is 11.0 Å². The Morgan fingerprint density at radius 1 is 1.44 bits per heavy atom. The van der Waals surface area contributed by atoms with Crippen LogP contribution in [0.25, 0.3) is 0 Å². The predicted octanol–water partition coefficient (Wildman–Crippen LogP) is 2.72. The van der Waals surface area contributed by atoms with Crippen molar-refractivity contribution in [2.75, 3.05) is 5.32 Å². The summed E-state index contributed by atoms with van der Waals surface area (Å²) >= 11 is 1.49. The predicted molar refractivity (Wildman–Crippen MR) is 74.8 cm³/mol. The van der Waals surface area contributed by atoms with Gasteiger partial charge in [0.25, 0.3) is 0 Å². The van der Waals surface area contributed by atoms with Crippen molar-refractivity contribution in [1.82, 2.24) is 4.98 Å². The summed E-state index contributed by atoms with van der Waals surface area (Å²) in [7, 11) is 0. The van der Waals surface area contributed by atoms with Crippen LogP contribution < -0.4 is 11.1 Å². The van der Waals surface area contributed by atoms with Crippen LogP contribution in [0, 0.1) is 5.41 Å². The largest absolute Gasteiger partial charge is 0.325 e. The van der Waals surface area contributed by atoms with Gasteiger partial charge in [-0.3, -0.25) is 4.79 Å². The molecule has 0 saturated heterocycles. The lowest BCUT2D eigenvalue weighted by molar-refractivity contribution is -0.126. The van der Waals surface area contributed by atoms with Crippen molar-refractivity contribution < 1.29 is 4.79 Å². The highest BCUT2D eigenvalue weighted by atomic mass is 32.1. The zero-order valence-electron chi connectivity index (χ0n) is 11.4. The first-order valence-corrected chi connectivity index (χ1v) is 7.15. The third-order valence-corrected chi connectivity index (χ3v) is 4.69. The molecule has 1 aliphatic rings. The molecule has 3 N–H and O–H groups in total. The topological polar surface area (TPSA) is 68.0 Å². The zero-order valence-corrected chi connectivity index (χ0v) is 12.2. The lowest BCUT2D eigenvalue weighted by Crippen LogP contribution is -2.53.